The number of non-ortho nitro benzene ring substituents is 1. The molecule has 0 aliphatic heterocycles. The van der Waals surface area contributed by atoms with Crippen LogP contribution in [0.3, 0.4) is 0 Å². The van der Waals surface area contributed by atoms with Crippen molar-refractivity contribution in [3.05, 3.63) is 63.7 Å². The molecule has 0 amide bonds. The van der Waals surface area contributed by atoms with Crippen molar-refractivity contribution in [3.63, 3.8) is 0 Å². The topological polar surface area (TPSA) is 80.4 Å². The first-order valence-corrected chi connectivity index (χ1v) is 6.34. The fourth-order valence-electron chi connectivity index (χ4n) is 1.58. The highest BCUT2D eigenvalue weighted by molar-refractivity contribution is 7.99. The quantitative estimate of drug-likeness (QED) is 0.687. The molecule has 0 spiro atoms. The highest BCUT2D eigenvalue weighted by atomic mass is 32.2. The maximum Gasteiger partial charge on any atom is 0.338 e. The zero-order valence-corrected chi connectivity index (χ0v) is 11.1. The first kappa shape index (κ1) is 14.9. The van der Waals surface area contributed by atoms with Crippen molar-refractivity contribution in [2.75, 3.05) is 0 Å². The highest BCUT2D eigenvalue weighted by Crippen LogP contribution is 2.32. The van der Waals surface area contributed by atoms with Gasteiger partial charge in [0.15, 0.2) is 0 Å². The van der Waals surface area contributed by atoms with Gasteiger partial charge in [0, 0.05) is 15.9 Å². The largest absolute Gasteiger partial charge is 0.478 e. The minimum absolute atomic E-state index is 0.213. The lowest BCUT2D eigenvalue weighted by atomic mass is 10.2. The summed E-state index contributed by atoms with van der Waals surface area (Å²) in [6, 6.07) is 6.36. The first-order valence-electron chi connectivity index (χ1n) is 5.52. The first-order chi connectivity index (χ1) is 9.86. The van der Waals surface area contributed by atoms with Crippen molar-refractivity contribution in [2.45, 2.75) is 9.79 Å². The van der Waals surface area contributed by atoms with E-state index in [1.165, 1.54) is 6.07 Å². The van der Waals surface area contributed by atoms with E-state index in [1.54, 1.807) is 0 Å². The number of halogens is 2. The zero-order chi connectivity index (χ0) is 15.6. The summed E-state index contributed by atoms with van der Waals surface area (Å²) in [5.74, 6) is -3.11. The second-order valence-electron chi connectivity index (χ2n) is 3.95. The number of rotatable bonds is 4. The third kappa shape index (κ3) is 3.54. The van der Waals surface area contributed by atoms with Gasteiger partial charge in [0.2, 0.25) is 0 Å². The van der Waals surface area contributed by atoms with Gasteiger partial charge >= 0.3 is 5.97 Å². The average molecular weight is 311 g/mol. The second kappa shape index (κ2) is 5.88. The van der Waals surface area contributed by atoms with Crippen molar-refractivity contribution >= 4 is 23.4 Å². The SMILES string of the molecule is O=C(O)c1cc(Sc2cc(F)cc([N+](=O)[O-])c2)ccc1F. The molecule has 1 N–H and O–H groups in total. The fraction of sp³-hybridized carbons (Fsp3) is 0. The third-order valence-electron chi connectivity index (χ3n) is 2.47. The molecular weight excluding hydrogens is 304 g/mol. The van der Waals surface area contributed by atoms with Crippen LogP contribution in [0.4, 0.5) is 14.5 Å². The molecule has 0 heterocycles. The molecule has 0 atom stereocenters. The van der Waals surface area contributed by atoms with E-state index >= 15 is 0 Å². The van der Waals surface area contributed by atoms with Gasteiger partial charge in [-0.2, -0.15) is 0 Å². The van der Waals surface area contributed by atoms with E-state index < -0.39 is 33.8 Å². The van der Waals surface area contributed by atoms with E-state index in [0.717, 1.165) is 42.1 Å². The Labute approximate surface area is 121 Å². The lowest BCUT2D eigenvalue weighted by Crippen LogP contribution is -2.00. The Morgan fingerprint density at radius 2 is 1.86 bits per heavy atom. The molecule has 0 unspecified atom stereocenters. The van der Waals surface area contributed by atoms with Crippen molar-refractivity contribution < 1.29 is 23.6 Å². The Morgan fingerprint density at radius 1 is 1.14 bits per heavy atom. The zero-order valence-electron chi connectivity index (χ0n) is 10.2. The van der Waals surface area contributed by atoms with Gasteiger partial charge in [-0.15, -0.1) is 0 Å². The van der Waals surface area contributed by atoms with Crippen LogP contribution in [-0.2, 0) is 0 Å². The molecule has 0 radical (unpaired) electrons. The Morgan fingerprint density at radius 3 is 2.48 bits per heavy atom. The lowest BCUT2D eigenvalue weighted by Gasteiger charge is -2.04. The Bertz CT molecular complexity index is 736. The molecule has 2 rings (SSSR count). The number of carboxylic acids is 1. The maximum absolute atomic E-state index is 13.3. The molecule has 0 saturated heterocycles. The van der Waals surface area contributed by atoms with Gasteiger partial charge in [-0.3, -0.25) is 10.1 Å². The van der Waals surface area contributed by atoms with Crippen molar-refractivity contribution in [1.29, 1.82) is 0 Å². The summed E-state index contributed by atoms with van der Waals surface area (Å²) in [4.78, 5) is 21.3. The smallest absolute Gasteiger partial charge is 0.338 e. The molecule has 0 bridgehead atoms. The number of nitrogens with zero attached hydrogens (tertiary/aromatic N) is 1. The minimum Gasteiger partial charge on any atom is -0.478 e. The molecule has 8 heteroatoms. The normalized spacial score (nSPS) is 10.4. The molecule has 5 nitrogen and oxygen atoms in total. The Hall–Kier alpha value is -2.48. The summed E-state index contributed by atoms with van der Waals surface area (Å²) in [5.41, 5.74) is -0.941. The molecule has 0 fully saturated rings. The lowest BCUT2D eigenvalue weighted by molar-refractivity contribution is -0.385. The summed E-state index contributed by atoms with van der Waals surface area (Å²) in [6.07, 6.45) is 0. The molecule has 0 aliphatic rings. The van der Waals surface area contributed by atoms with Crippen molar-refractivity contribution in [3.8, 4) is 0 Å². The second-order valence-corrected chi connectivity index (χ2v) is 5.10. The number of carbonyl (C=O) groups is 1. The molecule has 108 valence electrons. The number of hydrogen-bond acceptors (Lipinski definition) is 4. The summed E-state index contributed by atoms with van der Waals surface area (Å²) >= 11 is 0.899. The third-order valence-corrected chi connectivity index (χ3v) is 3.43. The summed E-state index contributed by atoms with van der Waals surface area (Å²) in [6.45, 7) is 0. The van der Waals surface area contributed by atoms with Gasteiger partial charge in [-0.25, -0.2) is 13.6 Å². The predicted octanol–water partition coefficient (Wildman–Crippen LogP) is 3.72. The minimum atomic E-state index is -1.43. The number of hydrogen-bond donors (Lipinski definition) is 1. The molecule has 0 aromatic heterocycles. The standard InChI is InChI=1S/C13H7F2NO4S/c14-7-3-8(16(19)20)5-10(4-7)21-9-1-2-12(15)11(6-9)13(17)18/h1-6H,(H,17,18). The van der Waals surface area contributed by atoms with Crippen LogP contribution < -0.4 is 0 Å². The van der Waals surface area contributed by atoms with Gasteiger partial charge in [0.25, 0.3) is 5.69 Å². The summed E-state index contributed by atoms with van der Waals surface area (Å²) in [7, 11) is 0. The number of nitro groups is 1. The number of aromatic carboxylic acids is 1. The van der Waals surface area contributed by atoms with Gasteiger partial charge < -0.3 is 5.11 Å². The highest BCUT2D eigenvalue weighted by Gasteiger charge is 2.14. The van der Waals surface area contributed by atoms with Crippen LogP contribution >= 0.6 is 11.8 Å². The van der Waals surface area contributed by atoms with Crippen molar-refractivity contribution in [1.82, 2.24) is 0 Å². The van der Waals surface area contributed by atoms with Crippen LogP contribution in [0.2, 0.25) is 0 Å². The van der Waals surface area contributed by atoms with Crippen LogP contribution in [-0.4, -0.2) is 16.0 Å². The van der Waals surface area contributed by atoms with E-state index in [4.69, 9.17) is 5.11 Å². The molecule has 21 heavy (non-hydrogen) atoms. The van der Waals surface area contributed by atoms with Gasteiger partial charge in [0.05, 0.1) is 16.6 Å². The molecular formula is C13H7F2NO4S. The monoisotopic (exact) mass is 311 g/mol. The Kier molecular flexibility index (Phi) is 4.18. The Balaban J connectivity index is 2.36. The van der Waals surface area contributed by atoms with Gasteiger partial charge in [-0.1, -0.05) is 11.8 Å². The van der Waals surface area contributed by atoms with E-state index in [2.05, 4.69) is 0 Å². The van der Waals surface area contributed by atoms with Crippen LogP contribution in [0.1, 0.15) is 10.4 Å². The van der Waals surface area contributed by atoms with Crippen LogP contribution in [0.15, 0.2) is 46.2 Å². The van der Waals surface area contributed by atoms with Crippen LogP contribution in [0, 0.1) is 21.7 Å². The fourth-order valence-corrected chi connectivity index (χ4v) is 2.52. The van der Waals surface area contributed by atoms with E-state index in [-0.39, 0.29) is 4.90 Å². The number of nitro benzene ring substituents is 1. The van der Waals surface area contributed by atoms with Crippen molar-refractivity contribution in [2.24, 2.45) is 0 Å². The molecule has 0 aliphatic carbocycles. The maximum atomic E-state index is 13.3. The van der Waals surface area contributed by atoms with Crippen LogP contribution in [0.5, 0.6) is 0 Å². The molecule has 2 aromatic rings. The summed E-state index contributed by atoms with van der Waals surface area (Å²) in [5, 5.41) is 19.5. The predicted molar refractivity (Wildman–Crippen MR) is 70.5 cm³/mol. The molecule has 2 aromatic carbocycles. The summed E-state index contributed by atoms with van der Waals surface area (Å²) < 4.78 is 26.5. The van der Waals surface area contributed by atoms with Gasteiger partial charge in [0.1, 0.15) is 11.6 Å². The number of carboxylic acid groups (broad SMARTS) is 1. The van der Waals surface area contributed by atoms with E-state index in [1.807, 2.05) is 0 Å². The number of benzene rings is 2. The van der Waals surface area contributed by atoms with Gasteiger partial charge in [-0.05, 0) is 24.3 Å². The van der Waals surface area contributed by atoms with E-state index in [0.29, 0.717) is 4.90 Å². The van der Waals surface area contributed by atoms with Crippen LogP contribution in [0.25, 0.3) is 0 Å². The molecule has 0 saturated carbocycles. The average Bonchev–Trinajstić information content (AvgIpc) is 2.40. The van der Waals surface area contributed by atoms with E-state index in [9.17, 15) is 23.7 Å².